The number of rotatable bonds is 10. The summed E-state index contributed by atoms with van der Waals surface area (Å²) in [5.41, 5.74) is 1.17. The quantitative estimate of drug-likeness (QED) is 0.592. The maximum Gasteiger partial charge on any atom is 0.175 e. The van der Waals surface area contributed by atoms with Gasteiger partial charge in [0.25, 0.3) is 0 Å². The first-order chi connectivity index (χ1) is 11.2. The number of aryl methyl sites for hydroxylation is 1. The SMILES string of the molecule is CCOc1cc(CNCCCn2ccnc2)cc(Br)c1OCC.Cl. The summed E-state index contributed by atoms with van der Waals surface area (Å²) >= 11 is 3.57. The lowest BCUT2D eigenvalue weighted by Crippen LogP contribution is -2.16. The lowest BCUT2D eigenvalue weighted by Gasteiger charge is -2.15. The Hall–Kier alpha value is -1.24. The van der Waals surface area contributed by atoms with Crippen molar-refractivity contribution in [3.05, 3.63) is 40.9 Å². The summed E-state index contributed by atoms with van der Waals surface area (Å²) < 4.78 is 14.4. The van der Waals surface area contributed by atoms with Crippen molar-refractivity contribution in [2.75, 3.05) is 19.8 Å². The number of hydrogen-bond acceptors (Lipinski definition) is 4. The molecule has 0 aliphatic heterocycles. The van der Waals surface area contributed by atoms with Crippen LogP contribution in [0, 0.1) is 0 Å². The molecule has 7 heteroatoms. The van der Waals surface area contributed by atoms with Crippen LogP contribution < -0.4 is 14.8 Å². The minimum atomic E-state index is 0. The number of nitrogens with zero attached hydrogens (tertiary/aromatic N) is 2. The van der Waals surface area contributed by atoms with E-state index in [0.29, 0.717) is 13.2 Å². The second kappa shape index (κ2) is 11.3. The van der Waals surface area contributed by atoms with Gasteiger partial charge in [0.2, 0.25) is 0 Å². The molecular weight excluding hydrogens is 394 g/mol. The van der Waals surface area contributed by atoms with Gasteiger partial charge in [0.15, 0.2) is 11.5 Å². The molecule has 0 radical (unpaired) electrons. The molecule has 0 unspecified atom stereocenters. The van der Waals surface area contributed by atoms with Crippen molar-refractivity contribution in [2.24, 2.45) is 0 Å². The molecular formula is C17H25BrClN3O2. The number of aromatic nitrogens is 2. The summed E-state index contributed by atoms with van der Waals surface area (Å²) in [6, 6.07) is 4.12. The molecule has 2 rings (SSSR count). The van der Waals surface area contributed by atoms with Crippen LogP contribution in [0.25, 0.3) is 0 Å². The molecule has 0 saturated heterocycles. The van der Waals surface area contributed by atoms with Gasteiger partial charge in [-0.15, -0.1) is 12.4 Å². The number of halogens is 2. The van der Waals surface area contributed by atoms with Gasteiger partial charge in [0.05, 0.1) is 24.0 Å². The number of nitrogens with one attached hydrogen (secondary N) is 1. The zero-order chi connectivity index (χ0) is 16.5. The molecule has 1 N–H and O–H groups in total. The van der Waals surface area contributed by atoms with E-state index in [9.17, 15) is 0 Å². The van der Waals surface area contributed by atoms with Gasteiger partial charge in [0.1, 0.15) is 0 Å². The smallest absolute Gasteiger partial charge is 0.175 e. The van der Waals surface area contributed by atoms with Crippen LogP contribution in [0.1, 0.15) is 25.8 Å². The van der Waals surface area contributed by atoms with Crippen molar-refractivity contribution in [1.82, 2.24) is 14.9 Å². The zero-order valence-electron chi connectivity index (χ0n) is 14.1. The molecule has 1 aromatic heterocycles. The Balaban J connectivity index is 0.00000288. The highest BCUT2D eigenvalue weighted by Gasteiger charge is 2.11. The van der Waals surface area contributed by atoms with Gasteiger partial charge in [-0.25, -0.2) is 4.98 Å². The Labute approximate surface area is 158 Å². The Morgan fingerprint density at radius 1 is 1.21 bits per heavy atom. The molecule has 1 aromatic carbocycles. The first kappa shape index (κ1) is 20.8. The second-order valence-electron chi connectivity index (χ2n) is 5.10. The van der Waals surface area contributed by atoms with Gasteiger partial charge in [-0.2, -0.15) is 0 Å². The van der Waals surface area contributed by atoms with Gasteiger partial charge in [0, 0.05) is 25.5 Å². The van der Waals surface area contributed by atoms with Gasteiger partial charge in [-0.1, -0.05) is 0 Å². The largest absolute Gasteiger partial charge is 0.490 e. The Morgan fingerprint density at radius 3 is 2.67 bits per heavy atom. The summed E-state index contributed by atoms with van der Waals surface area (Å²) in [4.78, 5) is 4.04. The third-order valence-corrected chi connectivity index (χ3v) is 3.91. The van der Waals surface area contributed by atoms with Gasteiger partial charge in [-0.05, 0) is 60.4 Å². The molecule has 1 heterocycles. The van der Waals surface area contributed by atoms with E-state index in [1.807, 2.05) is 32.4 Å². The van der Waals surface area contributed by atoms with Crippen LogP contribution in [0.3, 0.4) is 0 Å². The predicted octanol–water partition coefficient (Wildman–Crippen LogP) is 4.04. The maximum absolute atomic E-state index is 5.69. The number of imidazole rings is 1. The van der Waals surface area contributed by atoms with Crippen LogP contribution in [0.2, 0.25) is 0 Å². The van der Waals surface area contributed by atoms with Gasteiger partial charge < -0.3 is 19.4 Å². The van der Waals surface area contributed by atoms with E-state index in [4.69, 9.17) is 9.47 Å². The summed E-state index contributed by atoms with van der Waals surface area (Å²) in [5.74, 6) is 1.57. The van der Waals surface area contributed by atoms with E-state index in [2.05, 4.69) is 36.9 Å². The van der Waals surface area contributed by atoms with E-state index < -0.39 is 0 Å². The molecule has 0 fully saturated rings. The highest BCUT2D eigenvalue weighted by atomic mass is 79.9. The van der Waals surface area contributed by atoms with Crippen LogP contribution in [0.15, 0.2) is 35.3 Å². The Kier molecular flexibility index (Phi) is 9.83. The number of ether oxygens (including phenoxy) is 2. The minimum absolute atomic E-state index is 0. The molecule has 0 saturated carbocycles. The molecule has 2 aromatic rings. The van der Waals surface area contributed by atoms with Crippen LogP contribution >= 0.6 is 28.3 Å². The lowest BCUT2D eigenvalue weighted by atomic mass is 10.2. The fraction of sp³-hybridized carbons (Fsp3) is 0.471. The molecule has 5 nitrogen and oxygen atoms in total. The zero-order valence-corrected chi connectivity index (χ0v) is 16.5. The van der Waals surface area contributed by atoms with Crippen LogP contribution in [-0.4, -0.2) is 29.3 Å². The maximum atomic E-state index is 5.69. The molecule has 0 atom stereocenters. The summed E-state index contributed by atoms with van der Waals surface area (Å²) in [6.07, 6.45) is 6.70. The molecule has 0 spiro atoms. The average Bonchev–Trinajstić information content (AvgIpc) is 3.04. The fourth-order valence-electron chi connectivity index (χ4n) is 2.31. The highest BCUT2D eigenvalue weighted by Crippen LogP contribution is 2.36. The van der Waals surface area contributed by atoms with Crippen molar-refractivity contribution in [1.29, 1.82) is 0 Å². The van der Waals surface area contributed by atoms with Crippen molar-refractivity contribution in [2.45, 2.75) is 33.4 Å². The van der Waals surface area contributed by atoms with E-state index in [1.54, 1.807) is 6.20 Å². The Morgan fingerprint density at radius 2 is 2.00 bits per heavy atom. The third-order valence-electron chi connectivity index (χ3n) is 3.32. The molecule has 0 amide bonds. The van der Waals surface area contributed by atoms with Gasteiger partial charge in [-0.3, -0.25) is 0 Å². The normalized spacial score (nSPS) is 10.3. The average molecular weight is 419 g/mol. The standard InChI is InChI=1S/C17H24BrN3O2.ClH/c1-3-22-16-11-14(10-15(18)17(16)23-4-2)12-19-6-5-8-21-9-7-20-13-21;/h7,9-11,13,19H,3-6,8,12H2,1-2H3;1H. The summed E-state index contributed by atoms with van der Waals surface area (Å²) in [6.45, 7) is 7.91. The van der Waals surface area contributed by atoms with E-state index in [1.165, 1.54) is 5.56 Å². The number of benzene rings is 1. The van der Waals surface area contributed by atoms with Crippen LogP contribution in [0.4, 0.5) is 0 Å². The van der Waals surface area contributed by atoms with Crippen LogP contribution in [0.5, 0.6) is 11.5 Å². The minimum Gasteiger partial charge on any atom is -0.490 e. The molecule has 134 valence electrons. The molecule has 0 bridgehead atoms. The first-order valence-electron chi connectivity index (χ1n) is 7.99. The van der Waals surface area contributed by atoms with Crippen molar-refractivity contribution < 1.29 is 9.47 Å². The first-order valence-corrected chi connectivity index (χ1v) is 8.78. The van der Waals surface area contributed by atoms with E-state index >= 15 is 0 Å². The number of hydrogen-bond donors (Lipinski definition) is 1. The molecule has 0 aliphatic carbocycles. The van der Waals surface area contributed by atoms with Crippen molar-refractivity contribution >= 4 is 28.3 Å². The predicted molar refractivity (Wildman–Crippen MR) is 102 cm³/mol. The monoisotopic (exact) mass is 417 g/mol. The summed E-state index contributed by atoms with van der Waals surface area (Å²) in [7, 11) is 0. The lowest BCUT2D eigenvalue weighted by molar-refractivity contribution is 0.286. The second-order valence-corrected chi connectivity index (χ2v) is 5.96. The molecule has 0 aliphatic rings. The fourth-order valence-corrected chi connectivity index (χ4v) is 2.91. The van der Waals surface area contributed by atoms with Gasteiger partial charge >= 0.3 is 0 Å². The van der Waals surface area contributed by atoms with Crippen molar-refractivity contribution in [3.63, 3.8) is 0 Å². The van der Waals surface area contributed by atoms with Crippen molar-refractivity contribution in [3.8, 4) is 11.5 Å². The Bertz CT molecular complexity index is 594. The topological polar surface area (TPSA) is 48.3 Å². The summed E-state index contributed by atoms with van der Waals surface area (Å²) in [5, 5.41) is 3.46. The van der Waals surface area contributed by atoms with E-state index in [-0.39, 0.29) is 12.4 Å². The third kappa shape index (κ3) is 6.34. The highest BCUT2D eigenvalue weighted by molar-refractivity contribution is 9.10. The van der Waals surface area contributed by atoms with E-state index in [0.717, 1.165) is 42.0 Å². The van der Waals surface area contributed by atoms with Crippen LogP contribution in [-0.2, 0) is 13.1 Å². The molecule has 24 heavy (non-hydrogen) atoms.